The van der Waals surface area contributed by atoms with E-state index < -0.39 is 6.10 Å². The smallest absolute Gasteiger partial charge is 0.348 e. The Morgan fingerprint density at radius 2 is 2.15 bits per heavy atom. The summed E-state index contributed by atoms with van der Waals surface area (Å²) in [7, 11) is 0. The van der Waals surface area contributed by atoms with Crippen LogP contribution in [0.15, 0.2) is 0 Å². The summed E-state index contributed by atoms with van der Waals surface area (Å²) >= 11 is 1.33. The number of aromatic nitrogens is 2. The molecule has 148 valence electrons. The number of aliphatic hydroxyl groups excluding tert-OH is 1. The lowest BCUT2D eigenvalue weighted by Gasteiger charge is -2.23. The van der Waals surface area contributed by atoms with E-state index in [4.69, 9.17) is 19.4 Å². The van der Waals surface area contributed by atoms with Gasteiger partial charge in [0.25, 0.3) is 0 Å². The molecule has 2 aromatic rings. The first-order chi connectivity index (χ1) is 13.0. The van der Waals surface area contributed by atoms with Gasteiger partial charge in [0.05, 0.1) is 31.3 Å². The fourth-order valence-electron chi connectivity index (χ4n) is 3.09. The van der Waals surface area contributed by atoms with Gasteiger partial charge in [-0.3, -0.25) is 0 Å². The van der Waals surface area contributed by atoms with Gasteiger partial charge in [-0.15, -0.1) is 11.3 Å². The van der Waals surface area contributed by atoms with Crippen LogP contribution in [0.25, 0.3) is 10.2 Å². The van der Waals surface area contributed by atoms with E-state index in [1.165, 1.54) is 16.2 Å². The van der Waals surface area contributed by atoms with E-state index >= 15 is 0 Å². The number of thiophene rings is 1. The maximum absolute atomic E-state index is 12.3. The van der Waals surface area contributed by atoms with Crippen LogP contribution in [0.5, 0.6) is 0 Å². The second kappa shape index (κ2) is 8.92. The normalized spacial score (nSPS) is 16.4. The van der Waals surface area contributed by atoms with Gasteiger partial charge in [-0.25, -0.2) is 14.8 Å². The highest BCUT2D eigenvalue weighted by atomic mass is 32.1. The Labute approximate surface area is 162 Å². The fraction of sp³-hybridized carbons (Fsp3) is 0.611. The van der Waals surface area contributed by atoms with E-state index in [9.17, 15) is 9.90 Å². The van der Waals surface area contributed by atoms with Crippen molar-refractivity contribution in [3.8, 4) is 0 Å². The topological polar surface area (TPSA) is 98.0 Å². The average Bonchev–Trinajstić information content (AvgIpc) is 2.97. The summed E-state index contributed by atoms with van der Waals surface area (Å²) in [6.45, 7) is 10.1. The highest BCUT2D eigenvalue weighted by Gasteiger charge is 2.23. The maximum atomic E-state index is 12.3. The third kappa shape index (κ3) is 4.73. The number of hydrogen-bond donors (Lipinski definition) is 3. The molecule has 0 spiro atoms. The second-order valence-corrected chi connectivity index (χ2v) is 7.71. The number of morpholine rings is 1. The SMILES string of the molecule is CCOC(=O)c1sc2nc(C[NH+]3CCOCC3)nc(NC[C@H](C)O)c2c1C. The predicted molar refractivity (Wildman–Crippen MR) is 103 cm³/mol. The van der Waals surface area contributed by atoms with Crippen molar-refractivity contribution in [2.24, 2.45) is 0 Å². The molecule has 1 atom stereocenters. The Kier molecular flexibility index (Phi) is 6.59. The van der Waals surface area contributed by atoms with Gasteiger partial charge in [-0.1, -0.05) is 0 Å². The van der Waals surface area contributed by atoms with Crippen LogP contribution in [0.2, 0.25) is 0 Å². The van der Waals surface area contributed by atoms with Crippen molar-refractivity contribution in [1.82, 2.24) is 9.97 Å². The van der Waals surface area contributed by atoms with Gasteiger partial charge in [0.1, 0.15) is 35.2 Å². The number of carbonyl (C=O) groups excluding carboxylic acids is 1. The zero-order valence-corrected chi connectivity index (χ0v) is 16.8. The summed E-state index contributed by atoms with van der Waals surface area (Å²) in [4.78, 5) is 24.4. The van der Waals surface area contributed by atoms with Gasteiger partial charge in [0.2, 0.25) is 0 Å². The van der Waals surface area contributed by atoms with Crippen molar-refractivity contribution < 1.29 is 24.3 Å². The molecule has 0 aromatic carbocycles. The van der Waals surface area contributed by atoms with Crippen LogP contribution in [0.1, 0.15) is 34.9 Å². The van der Waals surface area contributed by atoms with Crippen molar-refractivity contribution in [3.63, 3.8) is 0 Å². The molecule has 1 fully saturated rings. The lowest BCUT2D eigenvalue weighted by Crippen LogP contribution is -3.12. The number of anilines is 1. The molecule has 0 saturated carbocycles. The number of hydrogen-bond acceptors (Lipinski definition) is 8. The van der Waals surface area contributed by atoms with E-state index in [1.54, 1.807) is 13.8 Å². The Bertz CT molecular complexity index is 802. The van der Waals surface area contributed by atoms with Crippen LogP contribution < -0.4 is 10.2 Å². The number of aryl methyl sites for hydroxylation is 1. The van der Waals surface area contributed by atoms with Gasteiger partial charge < -0.3 is 24.8 Å². The molecule has 0 radical (unpaired) electrons. The van der Waals surface area contributed by atoms with E-state index in [-0.39, 0.29) is 5.97 Å². The highest BCUT2D eigenvalue weighted by molar-refractivity contribution is 7.20. The van der Waals surface area contributed by atoms with Crippen LogP contribution in [-0.4, -0.2) is 66.6 Å². The number of nitrogens with one attached hydrogen (secondary N) is 2. The van der Waals surface area contributed by atoms with Gasteiger partial charge in [0, 0.05) is 6.54 Å². The minimum atomic E-state index is -0.508. The highest BCUT2D eigenvalue weighted by Crippen LogP contribution is 2.34. The van der Waals surface area contributed by atoms with E-state index in [0.29, 0.717) is 30.4 Å². The van der Waals surface area contributed by atoms with Gasteiger partial charge in [0.15, 0.2) is 5.82 Å². The second-order valence-electron chi connectivity index (χ2n) is 6.71. The number of aliphatic hydroxyl groups is 1. The molecular formula is C18H27N4O4S+. The predicted octanol–water partition coefficient (Wildman–Crippen LogP) is 0.384. The molecule has 8 nitrogen and oxygen atoms in total. The minimum absolute atomic E-state index is 0.330. The number of rotatable bonds is 7. The number of ether oxygens (including phenoxy) is 2. The van der Waals surface area contributed by atoms with Crippen molar-refractivity contribution >= 4 is 33.3 Å². The summed E-state index contributed by atoms with van der Waals surface area (Å²) in [5.74, 6) is 1.05. The van der Waals surface area contributed by atoms with Crippen LogP contribution in [-0.2, 0) is 16.0 Å². The molecule has 0 aliphatic carbocycles. The third-order valence-electron chi connectivity index (χ3n) is 4.47. The number of carbonyl (C=O) groups is 1. The van der Waals surface area contributed by atoms with Gasteiger partial charge >= 0.3 is 5.97 Å². The van der Waals surface area contributed by atoms with Crippen LogP contribution in [0.4, 0.5) is 5.82 Å². The van der Waals surface area contributed by atoms with E-state index in [2.05, 4.69) is 5.32 Å². The van der Waals surface area contributed by atoms with Crippen molar-refractivity contribution in [2.45, 2.75) is 33.4 Å². The standard InChI is InChI=1S/C18H26N4O4S/c1-4-26-18(24)15-12(3)14-16(19-9-11(2)23)20-13(21-17(14)27-15)10-22-5-7-25-8-6-22/h11,23H,4-10H2,1-3H3,(H,19,20,21)/p+1/t11-/m0/s1. The quantitative estimate of drug-likeness (QED) is 0.583. The van der Waals surface area contributed by atoms with Crippen molar-refractivity contribution in [2.75, 3.05) is 44.8 Å². The van der Waals surface area contributed by atoms with Gasteiger partial charge in [-0.05, 0) is 26.3 Å². The van der Waals surface area contributed by atoms with Crippen LogP contribution in [0, 0.1) is 6.92 Å². The van der Waals surface area contributed by atoms with Crippen molar-refractivity contribution in [1.29, 1.82) is 0 Å². The first-order valence-electron chi connectivity index (χ1n) is 9.30. The van der Waals surface area contributed by atoms with Gasteiger partial charge in [-0.2, -0.15) is 0 Å². The first kappa shape index (κ1) is 19.9. The van der Waals surface area contributed by atoms with Crippen LogP contribution in [0.3, 0.4) is 0 Å². The molecule has 0 amide bonds. The zero-order chi connectivity index (χ0) is 19.4. The Morgan fingerprint density at radius 3 is 2.81 bits per heavy atom. The first-order valence-corrected chi connectivity index (χ1v) is 10.1. The molecule has 0 unspecified atom stereocenters. The Balaban J connectivity index is 1.98. The summed E-state index contributed by atoms with van der Waals surface area (Å²) in [6, 6.07) is 0. The zero-order valence-electron chi connectivity index (χ0n) is 16.0. The molecule has 27 heavy (non-hydrogen) atoms. The lowest BCUT2D eigenvalue weighted by molar-refractivity contribution is -0.922. The fourth-order valence-corrected chi connectivity index (χ4v) is 4.18. The lowest BCUT2D eigenvalue weighted by atomic mass is 10.2. The summed E-state index contributed by atoms with van der Waals surface area (Å²) in [5, 5.41) is 13.7. The number of esters is 1. The largest absolute Gasteiger partial charge is 0.462 e. The molecule has 3 rings (SSSR count). The summed E-state index contributed by atoms with van der Waals surface area (Å²) < 4.78 is 10.6. The minimum Gasteiger partial charge on any atom is -0.462 e. The van der Waals surface area contributed by atoms with E-state index in [0.717, 1.165) is 47.9 Å². The number of quaternary nitrogens is 1. The molecular weight excluding hydrogens is 368 g/mol. The summed E-state index contributed by atoms with van der Waals surface area (Å²) in [5.41, 5.74) is 0.812. The monoisotopic (exact) mass is 395 g/mol. The maximum Gasteiger partial charge on any atom is 0.348 e. The molecule has 1 aliphatic heterocycles. The summed E-state index contributed by atoms with van der Waals surface area (Å²) in [6.07, 6.45) is -0.508. The Hall–Kier alpha value is -1.81. The molecule has 3 heterocycles. The van der Waals surface area contributed by atoms with E-state index in [1.807, 2.05) is 6.92 Å². The molecule has 0 bridgehead atoms. The molecule has 9 heteroatoms. The number of nitrogens with zero attached hydrogens (tertiary/aromatic N) is 2. The third-order valence-corrected chi connectivity index (χ3v) is 5.64. The number of fused-ring (bicyclic) bond motifs is 1. The Morgan fingerprint density at radius 1 is 1.41 bits per heavy atom. The molecule has 3 N–H and O–H groups in total. The molecule has 1 saturated heterocycles. The van der Waals surface area contributed by atoms with Crippen LogP contribution >= 0.6 is 11.3 Å². The molecule has 1 aliphatic rings. The van der Waals surface area contributed by atoms with Crippen molar-refractivity contribution in [3.05, 3.63) is 16.3 Å². The molecule has 2 aromatic heterocycles. The average molecular weight is 396 g/mol.